The van der Waals surface area contributed by atoms with Crippen LogP contribution in [0.1, 0.15) is 75.3 Å². The third-order valence-electron chi connectivity index (χ3n) is 5.73. The molecular weight excluding hydrogens is 316 g/mol. The Labute approximate surface area is 158 Å². The first-order valence-electron chi connectivity index (χ1n) is 10.2. The highest BCUT2D eigenvalue weighted by Gasteiger charge is 2.21. The van der Waals surface area contributed by atoms with E-state index in [1.807, 2.05) is 6.20 Å². The Hall–Kier alpha value is -2.14. The molecule has 0 bridgehead atoms. The van der Waals surface area contributed by atoms with Gasteiger partial charge in [-0.15, -0.1) is 0 Å². The van der Waals surface area contributed by atoms with Crippen LogP contribution in [0.4, 0.5) is 0 Å². The van der Waals surface area contributed by atoms with Crippen molar-refractivity contribution in [3.05, 3.63) is 53.7 Å². The van der Waals surface area contributed by atoms with Gasteiger partial charge >= 0.3 is 0 Å². The third-order valence-corrected chi connectivity index (χ3v) is 5.73. The average Bonchev–Trinajstić information content (AvgIpc) is 2.72. The monoisotopic (exact) mass is 346 g/mol. The summed E-state index contributed by atoms with van der Waals surface area (Å²) in [6, 6.07) is 15.7. The quantitative estimate of drug-likeness (QED) is 0.525. The average molecular weight is 347 g/mol. The molecule has 3 rings (SSSR count). The van der Waals surface area contributed by atoms with Crippen LogP contribution in [-0.2, 0) is 6.42 Å². The first kappa shape index (κ1) is 18.6. The Morgan fingerprint density at radius 2 is 1.73 bits per heavy atom. The molecule has 26 heavy (non-hydrogen) atoms. The van der Waals surface area contributed by atoms with E-state index in [0.717, 1.165) is 37.8 Å². The van der Waals surface area contributed by atoms with Gasteiger partial charge in [-0.1, -0.05) is 56.5 Å². The zero-order valence-electron chi connectivity index (χ0n) is 16.0. The molecule has 0 spiro atoms. The Bertz CT molecular complexity index is 701. The van der Waals surface area contributed by atoms with Crippen LogP contribution in [-0.4, -0.2) is 4.98 Å². The zero-order chi connectivity index (χ0) is 18.2. The van der Waals surface area contributed by atoms with Crippen LogP contribution in [0.5, 0.6) is 0 Å². The summed E-state index contributed by atoms with van der Waals surface area (Å²) in [5, 5.41) is 9.04. The fourth-order valence-corrected chi connectivity index (χ4v) is 3.98. The molecular formula is C24H30N2. The molecule has 2 nitrogen and oxygen atoms in total. The van der Waals surface area contributed by atoms with E-state index in [1.165, 1.54) is 42.4 Å². The third kappa shape index (κ3) is 4.94. The number of nitriles is 1. The normalized spacial score (nSPS) is 19.8. The van der Waals surface area contributed by atoms with Crippen molar-refractivity contribution in [2.75, 3.05) is 0 Å². The molecule has 1 aromatic carbocycles. The maximum Gasteiger partial charge on any atom is 0.0702 e. The Morgan fingerprint density at radius 3 is 2.35 bits per heavy atom. The zero-order valence-corrected chi connectivity index (χ0v) is 16.0. The number of hydrogen-bond acceptors (Lipinski definition) is 2. The molecule has 0 unspecified atom stereocenters. The van der Waals surface area contributed by atoms with E-state index in [1.54, 1.807) is 0 Å². The Kier molecular flexibility index (Phi) is 6.83. The molecule has 1 aromatic heterocycles. The minimum atomic E-state index is 0.273. The Morgan fingerprint density at radius 1 is 0.962 bits per heavy atom. The van der Waals surface area contributed by atoms with Crippen LogP contribution in [0.2, 0.25) is 0 Å². The molecule has 0 atom stereocenters. The van der Waals surface area contributed by atoms with E-state index >= 15 is 0 Å². The van der Waals surface area contributed by atoms with E-state index in [4.69, 9.17) is 5.26 Å². The molecule has 2 aromatic rings. The van der Waals surface area contributed by atoms with Crippen molar-refractivity contribution in [1.29, 1.82) is 5.26 Å². The largest absolute Gasteiger partial charge is 0.256 e. The summed E-state index contributed by atoms with van der Waals surface area (Å²) in [6.45, 7) is 2.25. The lowest BCUT2D eigenvalue weighted by Crippen LogP contribution is -2.11. The lowest BCUT2D eigenvalue weighted by molar-refractivity contribution is 0.382. The minimum Gasteiger partial charge on any atom is -0.256 e. The van der Waals surface area contributed by atoms with Crippen LogP contribution in [0.3, 0.4) is 0 Å². The summed E-state index contributed by atoms with van der Waals surface area (Å²) in [5.41, 5.74) is 5.01. The van der Waals surface area contributed by atoms with Crippen LogP contribution in [0.15, 0.2) is 42.6 Å². The minimum absolute atomic E-state index is 0.273. The number of benzene rings is 1. The van der Waals surface area contributed by atoms with Crippen molar-refractivity contribution in [3.8, 4) is 17.3 Å². The van der Waals surface area contributed by atoms with E-state index in [9.17, 15) is 0 Å². The standard InChI is InChI=1S/C24H30N2/c1-2-3-4-5-6-20-9-16-24(26-18-20)23-14-12-22(13-15-23)21-10-7-19(17-25)8-11-21/h9,12-16,18-19,21H,2-8,10-11H2,1H3. The van der Waals surface area contributed by atoms with Crippen molar-refractivity contribution >= 4 is 0 Å². The molecule has 0 amide bonds. The van der Waals surface area contributed by atoms with Gasteiger partial charge in [0.2, 0.25) is 0 Å². The highest BCUT2D eigenvalue weighted by molar-refractivity contribution is 5.59. The van der Waals surface area contributed by atoms with Gasteiger partial charge in [-0.3, -0.25) is 4.98 Å². The number of aryl methyl sites for hydroxylation is 1. The predicted molar refractivity (Wildman–Crippen MR) is 108 cm³/mol. The highest BCUT2D eigenvalue weighted by Crippen LogP contribution is 2.36. The van der Waals surface area contributed by atoms with Crippen LogP contribution < -0.4 is 0 Å². The van der Waals surface area contributed by atoms with Gasteiger partial charge in [-0.25, -0.2) is 0 Å². The fraction of sp³-hybridized carbons (Fsp3) is 0.500. The fourth-order valence-electron chi connectivity index (χ4n) is 3.98. The molecule has 1 fully saturated rings. The second-order valence-electron chi connectivity index (χ2n) is 7.66. The molecule has 1 aliphatic rings. The van der Waals surface area contributed by atoms with Gasteiger partial charge in [0.25, 0.3) is 0 Å². The molecule has 0 aliphatic heterocycles. The lowest BCUT2D eigenvalue weighted by Gasteiger charge is -2.25. The number of aromatic nitrogens is 1. The SMILES string of the molecule is CCCCCCc1ccc(-c2ccc(C3CCC(C#N)CC3)cc2)nc1. The summed E-state index contributed by atoms with van der Waals surface area (Å²) in [7, 11) is 0. The van der Waals surface area contributed by atoms with E-state index in [0.29, 0.717) is 5.92 Å². The lowest BCUT2D eigenvalue weighted by atomic mass is 9.79. The smallest absolute Gasteiger partial charge is 0.0702 e. The molecule has 0 N–H and O–H groups in total. The summed E-state index contributed by atoms with van der Waals surface area (Å²) >= 11 is 0. The van der Waals surface area contributed by atoms with Crippen LogP contribution in [0.25, 0.3) is 11.3 Å². The molecule has 2 heteroatoms. The molecule has 136 valence electrons. The predicted octanol–water partition coefficient (Wildman–Crippen LogP) is 6.67. The number of hydrogen-bond donors (Lipinski definition) is 0. The van der Waals surface area contributed by atoms with Crippen molar-refractivity contribution in [2.24, 2.45) is 5.92 Å². The first-order valence-corrected chi connectivity index (χ1v) is 10.2. The van der Waals surface area contributed by atoms with E-state index in [-0.39, 0.29) is 5.92 Å². The van der Waals surface area contributed by atoms with Gasteiger partial charge in [0.15, 0.2) is 0 Å². The van der Waals surface area contributed by atoms with Gasteiger partial charge < -0.3 is 0 Å². The summed E-state index contributed by atoms with van der Waals surface area (Å²) in [4.78, 5) is 4.67. The second-order valence-corrected chi connectivity index (χ2v) is 7.66. The summed E-state index contributed by atoms with van der Waals surface area (Å²) in [6.07, 6.45) is 12.7. The highest BCUT2D eigenvalue weighted by atomic mass is 14.7. The van der Waals surface area contributed by atoms with E-state index < -0.39 is 0 Å². The number of rotatable bonds is 7. The van der Waals surface area contributed by atoms with Crippen molar-refractivity contribution in [3.63, 3.8) is 0 Å². The number of pyridine rings is 1. The molecule has 1 heterocycles. The number of unbranched alkanes of at least 4 members (excludes halogenated alkanes) is 3. The van der Waals surface area contributed by atoms with Gasteiger partial charge in [0.1, 0.15) is 0 Å². The topological polar surface area (TPSA) is 36.7 Å². The molecule has 0 saturated heterocycles. The van der Waals surface area contributed by atoms with Crippen LogP contribution >= 0.6 is 0 Å². The second kappa shape index (κ2) is 9.53. The summed E-state index contributed by atoms with van der Waals surface area (Å²) < 4.78 is 0. The van der Waals surface area contributed by atoms with Gasteiger partial charge in [0, 0.05) is 17.7 Å². The van der Waals surface area contributed by atoms with Crippen molar-refractivity contribution < 1.29 is 0 Å². The van der Waals surface area contributed by atoms with Gasteiger partial charge in [0.05, 0.1) is 11.8 Å². The maximum absolute atomic E-state index is 9.04. The first-order chi connectivity index (χ1) is 12.8. The van der Waals surface area contributed by atoms with E-state index in [2.05, 4.69) is 54.4 Å². The number of nitrogens with zero attached hydrogens (tertiary/aromatic N) is 2. The summed E-state index contributed by atoms with van der Waals surface area (Å²) in [5.74, 6) is 0.891. The van der Waals surface area contributed by atoms with Crippen molar-refractivity contribution in [2.45, 2.75) is 70.6 Å². The molecule has 0 radical (unpaired) electrons. The molecule has 1 saturated carbocycles. The Balaban J connectivity index is 1.57. The molecule has 1 aliphatic carbocycles. The van der Waals surface area contributed by atoms with Crippen LogP contribution in [0, 0.1) is 17.2 Å². The van der Waals surface area contributed by atoms with Crippen molar-refractivity contribution in [1.82, 2.24) is 4.98 Å². The van der Waals surface area contributed by atoms with Gasteiger partial charge in [-0.2, -0.15) is 5.26 Å². The maximum atomic E-state index is 9.04. The van der Waals surface area contributed by atoms with Gasteiger partial charge in [-0.05, 0) is 61.6 Å².